The third-order valence-corrected chi connectivity index (χ3v) is 13.8. The molecular weight excluding hydrogens is 727 g/mol. The van der Waals surface area contributed by atoms with Crippen LogP contribution in [0.2, 0.25) is 0 Å². The second-order valence-electron chi connectivity index (χ2n) is 15.6. The van der Waals surface area contributed by atoms with Crippen LogP contribution in [0.1, 0.15) is 82.6 Å². The Balaban J connectivity index is 1.28. The van der Waals surface area contributed by atoms with E-state index in [-0.39, 0.29) is 28.7 Å². The summed E-state index contributed by atoms with van der Waals surface area (Å²) in [6.07, 6.45) is 4.33. The summed E-state index contributed by atoms with van der Waals surface area (Å²) in [5, 5.41) is 6.56. The molecule has 0 bridgehead atoms. The highest BCUT2D eigenvalue weighted by Gasteiger charge is 2.33. The molecule has 0 aliphatic carbocycles. The molecule has 2 aromatic carbocycles. The summed E-state index contributed by atoms with van der Waals surface area (Å²) in [5.74, 6) is -0.575. The molecule has 4 aromatic rings. The number of benzene rings is 2. The van der Waals surface area contributed by atoms with Crippen LogP contribution in [0, 0.1) is 26.7 Å². The largest absolute Gasteiger partial charge is 0.358 e. The molecule has 1 unspecified atom stereocenters. The number of H-pyrrole nitrogens is 1. The summed E-state index contributed by atoms with van der Waals surface area (Å²) < 4.78 is 29.5. The van der Waals surface area contributed by atoms with E-state index in [0.29, 0.717) is 72.5 Å². The Morgan fingerprint density at radius 3 is 2.39 bits per heavy atom. The molecule has 1 fully saturated rings. The number of carbonyl (C=O) groups excluding carboxylic acids is 3. The molecule has 2 aliphatic rings. The van der Waals surface area contributed by atoms with Gasteiger partial charge < -0.3 is 25.0 Å². The van der Waals surface area contributed by atoms with Crippen LogP contribution in [-0.2, 0) is 33.9 Å². The summed E-state index contributed by atoms with van der Waals surface area (Å²) >= 11 is 0. The Hall–Kier alpha value is -5.01. The topological polar surface area (TPSA) is 141 Å². The van der Waals surface area contributed by atoms with E-state index in [1.54, 1.807) is 43.1 Å². The van der Waals surface area contributed by atoms with Crippen LogP contribution in [0.4, 0.5) is 10.5 Å². The minimum atomic E-state index is -3.75. The summed E-state index contributed by atoms with van der Waals surface area (Å²) in [6, 6.07) is 14.7. The molecule has 3 amide bonds. The molecule has 2 aliphatic heterocycles. The molecule has 12 nitrogen and oxygen atoms in total. The van der Waals surface area contributed by atoms with E-state index in [9.17, 15) is 22.8 Å². The third kappa shape index (κ3) is 8.39. The fourth-order valence-electron chi connectivity index (χ4n) is 7.71. The summed E-state index contributed by atoms with van der Waals surface area (Å²) in [6.45, 7) is 14.6. The average Bonchev–Trinajstić information content (AvgIpc) is 3.80. The molecular formula is C43H55N7O5S. The Bertz CT molecular complexity index is 2280. The zero-order valence-electron chi connectivity index (χ0n) is 33.9. The van der Waals surface area contributed by atoms with E-state index >= 15 is 0 Å². The highest BCUT2D eigenvalue weighted by molar-refractivity contribution is 7.92. The van der Waals surface area contributed by atoms with Gasteiger partial charge in [-0.2, -0.15) is 9.78 Å². The van der Waals surface area contributed by atoms with Crippen LogP contribution in [-0.4, -0.2) is 108 Å². The van der Waals surface area contributed by atoms with Crippen molar-refractivity contribution in [3.63, 3.8) is 0 Å². The van der Waals surface area contributed by atoms with Crippen LogP contribution >= 0.6 is 0 Å². The zero-order chi connectivity index (χ0) is 40.5. The molecule has 4 heterocycles. The number of aryl methyl sites for hydroxylation is 4. The predicted molar refractivity (Wildman–Crippen MR) is 221 cm³/mol. The van der Waals surface area contributed by atoms with Crippen molar-refractivity contribution in [2.24, 2.45) is 5.92 Å². The molecule has 0 radical (unpaired) electrons. The second kappa shape index (κ2) is 16.6. The van der Waals surface area contributed by atoms with Crippen molar-refractivity contribution in [3.8, 4) is 0 Å². The maximum atomic E-state index is 14.2. The van der Waals surface area contributed by atoms with Gasteiger partial charge >= 0.3 is 6.03 Å². The second-order valence-corrected chi connectivity index (χ2v) is 17.9. The summed E-state index contributed by atoms with van der Waals surface area (Å²) in [5.41, 5.74) is 7.82. The quantitative estimate of drug-likeness (QED) is 0.164. The number of hydrogen-bond donors (Lipinski definition) is 2. The first-order valence-electron chi connectivity index (χ1n) is 19.6. The fraction of sp³-hybridized carbons (Fsp3) is 0.442. The van der Waals surface area contributed by atoms with E-state index in [0.717, 1.165) is 42.2 Å². The molecule has 2 N–H and O–H groups in total. The summed E-state index contributed by atoms with van der Waals surface area (Å²) in [7, 11) is 0.0263. The van der Waals surface area contributed by atoms with Crippen LogP contribution in [0.3, 0.4) is 0 Å². The summed E-state index contributed by atoms with van der Waals surface area (Å²) in [4.78, 5) is 50.1. The molecule has 0 saturated carbocycles. The smallest absolute Gasteiger partial charge is 0.344 e. The van der Waals surface area contributed by atoms with Gasteiger partial charge in [-0.1, -0.05) is 38.1 Å². The molecule has 56 heavy (non-hydrogen) atoms. The lowest BCUT2D eigenvalue weighted by Gasteiger charge is -2.32. The van der Waals surface area contributed by atoms with Gasteiger partial charge in [0.15, 0.2) is 9.84 Å². The molecule has 1 saturated heterocycles. The number of nitrogens with zero attached hydrogens (tertiary/aromatic N) is 5. The number of aromatic amines is 1. The van der Waals surface area contributed by atoms with Gasteiger partial charge in [-0.15, -0.1) is 0 Å². The first-order valence-corrected chi connectivity index (χ1v) is 21.1. The molecule has 298 valence electrons. The van der Waals surface area contributed by atoms with Crippen molar-refractivity contribution < 1.29 is 22.8 Å². The van der Waals surface area contributed by atoms with E-state index in [2.05, 4.69) is 39.4 Å². The van der Waals surface area contributed by atoms with Crippen LogP contribution in [0.5, 0.6) is 0 Å². The lowest BCUT2D eigenvalue weighted by atomic mass is 9.97. The number of rotatable bonds is 12. The van der Waals surface area contributed by atoms with E-state index in [1.165, 1.54) is 10.2 Å². The number of nitrogens with one attached hydrogen (secondary N) is 2. The number of sulfone groups is 1. The Kier molecular flexibility index (Phi) is 12.1. The highest BCUT2D eigenvalue weighted by atomic mass is 32.2. The van der Waals surface area contributed by atoms with Crippen molar-refractivity contribution in [2.75, 3.05) is 52.1 Å². The number of piperazine rings is 1. The van der Waals surface area contributed by atoms with Gasteiger partial charge in [-0.3, -0.25) is 9.59 Å². The standard InChI is InChI=1S/C43H55N7O5S/c1-9-32-12-10-13-33(24-32)22-27(2)31(6)56(54,55)34-15-16-37-35(25-34)36(41(51)45-37)26-39-30(5)40(42(52)49-20-18-47(7)19-21-49)38(44-39)14-11-17-48(8)43(53)50-29(4)23-28(3)46-50/h10,12-13,15-16,23-27,31,44H,9,11,14,17-22H2,1-8H3,(H,45,51)/b36-26-/t27?,31-/m0/s1. The Morgan fingerprint density at radius 1 is 1.00 bits per heavy atom. The Morgan fingerprint density at radius 2 is 1.71 bits per heavy atom. The van der Waals surface area contributed by atoms with Gasteiger partial charge in [-0.05, 0) is 113 Å². The molecule has 2 atom stereocenters. The zero-order valence-corrected chi connectivity index (χ0v) is 34.7. The van der Waals surface area contributed by atoms with Gasteiger partial charge in [0, 0.05) is 68.1 Å². The van der Waals surface area contributed by atoms with Gasteiger partial charge in [0.05, 0.1) is 27.0 Å². The van der Waals surface area contributed by atoms with Crippen LogP contribution < -0.4 is 5.32 Å². The fourth-order valence-corrected chi connectivity index (χ4v) is 9.39. The van der Waals surface area contributed by atoms with Gasteiger partial charge in [0.2, 0.25) is 0 Å². The van der Waals surface area contributed by atoms with Crippen molar-refractivity contribution >= 4 is 45.0 Å². The normalized spacial score (nSPS) is 16.5. The third-order valence-electron chi connectivity index (χ3n) is 11.4. The van der Waals surface area contributed by atoms with E-state index < -0.39 is 15.1 Å². The van der Waals surface area contributed by atoms with Gasteiger partial charge in [0.25, 0.3) is 11.8 Å². The lowest BCUT2D eigenvalue weighted by molar-refractivity contribution is -0.110. The first-order chi connectivity index (χ1) is 26.6. The number of anilines is 1. The van der Waals surface area contributed by atoms with Crippen LogP contribution in [0.15, 0.2) is 53.4 Å². The van der Waals surface area contributed by atoms with Crippen LogP contribution in [0.25, 0.3) is 11.6 Å². The number of carbonyl (C=O) groups is 3. The molecule has 2 aromatic heterocycles. The monoisotopic (exact) mass is 781 g/mol. The minimum Gasteiger partial charge on any atom is -0.358 e. The first kappa shape index (κ1) is 40.6. The van der Waals surface area contributed by atoms with Gasteiger partial charge in [-0.25, -0.2) is 13.2 Å². The minimum absolute atomic E-state index is 0.0762. The number of hydrogen-bond acceptors (Lipinski definition) is 7. The molecule has 0 spiro atoms. The molecule has 6 rings (SSSR count). The SMILES string of the molecule is CCc1cccc(CC(C)[C@H](C)S(=O)(=O)c2ccc3c(c2)/C(=C/c2[nH]c(CCCN(C)C(=O)n4nc(C)cc4C)c(C(=O)N4CCN(C)CC4)c2C)C(=O)N3)c1. The van der Waals surface area contributed by atoms with Crippen molar-refractivity contribution in [3.05, 3.63) is 99.1 Å². The molecule has 13 heteroatoms. The number of fused-ring (bicyclic) bond motifs is 1. The van der Waals surface area contributed by atoms with E-state index in [4.69, 9.17) is 0 Å². The highest BCUT2D eigenvalue weighted by Crippen LogP contribution is 2.37. The van der Waals surface area contributed by atoms with Crippen molar-refractivity contribution in [1.29, 1.82) is 0 Å². The number of aromatic nitrogens is 3. The average molecular weight is 782 g/mol. The van der Waals surface area contributed by atoms with Crippen molar-refractivity contribution in [2.45, 2.75) is 77.4 Å². The lowest BCUT2D eigenvalue weighted by Crippen LogP contribution is -2.47. The maximum Gasteiger partial charge on any atom is 0.344 e. The van der Waals surface area contributed by atoms with Gasteiger partial charge in [0.1, 0.15) is 0 Å². The van der Waals surface area contributed by atoms with E-state index in [1.807, 2.05) is 57.8 Å². The number of amides is 3. The maximum absolute atomic E-state index is 14.2. The predicted octanol–water partition coefficient (Wildman–Crippen LogP) is 6.15. The number of likely N-dealkylation sites (N-methyl/N-ethyl adjacent to an activating group) is 1. The Labute approximate surface area is 330 Å². The van der Waals surface area contributed by atoms with Crippen molar-refractivity contribution in [1.82, 2.24) is 29.5 Å².